The molecule has 1 aromatic carbocycles. The maximum atomic E-state index is 13.1. The number of H-pyrrole nitrogens is 1. The summed E-state index contributed by atoms with van der Waals surface area (Å²) in [7, 11) is -3.47. The highest BCUT2D eigenvalue weighted by molar-refractivity contribution is 7.92. The van der Waals surface area contributed by atoms with E-state index in [1.807, 2.05) is 13.8 Å². The van der Waals surface area contributed by atoms with Crippen LogP contribution in [0, 0.1) is 6.92 Å². The third-order valence-corrected chi connectivity index (χ3v) is 6.41. The predicted octanol–water partition coefficient (Wildman–Crippen LogP) is 4.63. The van der Waals surface area contributed by atoms with Crippen molar-refractivity contribution in [2.45, 2.75) is 72.1 Å². The van der Waals surface area contributed by atoms with Gasteiger partial charge in [0.05, 0.1) is 24.1 Å². The van der Waals surface area contributed by atoms with E-state index in [9.17, 15) is 13.2 Å². The molecular formula is C24H35N5O4S. The second-order valence-corrected chi connectivity index (χ2v) is 10.3. The number of aromatic amines is 1. The van der Waals surface area contributed by atoms with Gasteiger partial charge in [0.15, 0.2) is 11.3 Å². The van der Waals surface area contributed by atoms with Crippen LogP contribution in [-0.2, 0) is 10.0 Å². The summed E-state index contributed by atoms with van der Waals surface area (Å²) < 4.78 is 33.4. The van der Waals surface area contributed by atoms with Crippen LogP contribution in [0.1, 0.15) is 76.7 Å². The van der Waals surface area contributed by atoms with Gasteiger partial charge < -0.3 is 9.72 Å². The second kappa shape index (κ2) is 11.0. The smallest absolute Gasteiger partial charge is 0.277 e. The minimum Gasteiger partial charge on any atom is -0.493 e. The Labute approximate surface area is 201 Å². The van der Waals surface area contributed by atoms with Crippen LogP contribution < -0.4 is 15.0 Å². The molecule has 2 heterocycles. The summed E-state index contributed by atoms with van der Waals surface area (Å²) in [5.41, 5.74) is 1.61. The lowest BCUT2D eigenvalue weighted by molar-refractivity contribution is 0.341. The highest BCUT2D eigenvalue weighted by Crippen LogP contribution is 2.32. The summed E-state index contributed by atoms with van der Waals surface area (Å²) in [5.74, 6) is 1.75. The summed E-state index contributed by atoms with van der Waals surface area (Å²) in [4.78, 5) is 20.7. The molecule has 1 atom stereocenters. The summed E-state index contributed by atoms with van der Waals surface area (Å²) in [6.45, 7) is 8.40. The fourth-order valence-electron chi connectivity index (χ4n) is 4.19. The van der Waals surface area contributed by atoms with Crippen LogP contribution in [-0.4, -0.2) is 40.9 Å². The number of hydrogen-bond acceptors (Lipinski definition) is 6. The molecule has 3 aromatic rings. The average molecular weight is 490 g/mol. The molecule has 2 aromatic heterocycles. The van der Waals surface area contributed by atoms with Gasteiger partial charge in [-0.15, -0.1) is 5.10 Å². The van der Waals surface area contributed by atoms with Crippen LogP contribution >= 0.6 is 0 Å². The maximum absolute atomic E-state index is 13.1. The maximum Gasteiger partial charge on any atom is 0.277 e. The lowest BCUT2D eigenvalue weighted by atomic mass is 9.97. The second-order valence-electron chi connectivity index (χ2n) is 8.59. The van der Waals surface area contributed by atoms with Crippen LogP contribution in [0.25, 0.3) is 16.9 Å². The molecule has 2 N–H and O–H groups in total. The van der Waals surface area contributed by atoms with Gasteiger partial charge >= 0.3 is 0 Å². The summed E-state index contributed by atoms with van der Waals surface area (Å²) >= 11 is 0. The normalized spacial score (nSPS) is 12.7. The third kappa shape index (κ3) is 5.97. The minimum atomic E-state index is -3.47. The SMILES string of the molecule is CCCCCCC(CC)c1nc(C)c2c(=O)[nH]c(-c3cc(NS(C)(=O)=O)ccc3OCC)nn12. The molecule has 186 valence electrons. The lowest BCUT2D eigenvalue weighted by Crippen LogP contribution is -2.17. The number of nitrogens with zero attached hydrogens (tertiary/aromatic N) is 3. The Morgan fingerprint density at radius 2 is 1.94 bits per heavy atom. The van der Waals surface area contributed by atoms with Crippen molar-refractivity contribution in [1.29, 1.82) is 0 Å². The van der Waals surface area contributed by atoms with E-state index in [-0.39, 0.29) is 17.3 Å². The number of hydrogen-bond donors (Lipinski definition) is 2. The van der Waals surface area contributed by atoms with E-state index in [0.29, 0.717) is 34.8 Å². The van der Waals surface area contributed by atoms with Crippen molar-refractivity contribution in [2.75, 3.05) is 17.6 Å². The molecule has 0 saturated carbocycles. The molecule has 0 aliphatic rings. The highest BCUT2D eigenvalue weighted by atomic mass is 32.2. The lowest BCUT2D eigenvalue weighted by Gasteiger charge is -2.15. The Bertz CT molecular complexity index is 1300. The van der Waals surface area contributed by atoms with Crippen molar-refractivity contribution >= 4 is 21.2 Å². The van der Waals surface area contributed by atoms with E-state index >= 15 is 0 Å². The zero-order valence-corrected chi connectivity index (χ0v) is 21.5. The molecule has 0 radical (unpaired) electrons. The van der Waals surface area contributed by atoms with Crippen LogP contribution in [0.5, 0.6) is 5.75 Å². The first kappa shape index (κ1) is 25.7. The van der Waals surface area contributed by atoms with Gasteiger partial charge in [-0.25, -0.2) is 17.9 Å². The number of rotatable bonds is 12. The molecule has 0 amide bonds. The van der Waals surface area contributed by atoms with Crippen molar-refractivity contribution in [3.8, 4) is 17.1 Å². The number of aromatic nitrogens is 4. The molecule has 9 nitrogen and oxygen atoms in total. The van der Waals surface area contributed by atoms with Gasteiger partial charge in [-0.3, -0.25) is 9.52 Å². The number of benzene rings is 1. The number of fused-ring (bicyclic) bond motifs is 1. The van der Waals surface area contributed by atoms with Crippen molar-refractivity contribution in [2.24, 2.45) is 0 Å². The van der Waals surface area contributed by atoms with Crippen LogP contribution in [0.3, 0.4) is 0 Å². The van der Waals surface area contributed by atoms with E-state index in [1.165, 1.54) is 19.3 Å². The molecule has 0 aliphatic carbocycles. The van der Waals surface area contributed by atoms with Gasteiger partial charge in [-0.05, 0) is 44.9 Å². The van der Waals surface area contributed by atoms with Gasteiger partial charge in [0.2, 0.25) is 10.0 Å². The summed E-state index contributed by atoms with van der Waals surface area (Å²) in [6, 6.07) is 4.89. The first-order valence-electron chi connectivity index (χ1n) is 11.9. The zero-order valence-electron chi connectivity index (χ0n) is 20.6. The Morgan fingerprint density at radius 3 is 2.59 bits per heavy atom. The number of ether oxygens (including phenoxy) is 1. The number of unbranched alkanes of at least 4 members (excludes halogenated alkanes) is 3. The van der Waals surface area contributed by atoms with Gasteiger partial charge in [0.25, 0.3) is 5.56 Å². The van der Waals surface area contributed by atoms with Crippen molar-refractivity contribution in [3.05, 3.63) is 40.1 Å². The van der Waals surface area contributed by atoms with Gasteiger partial charge in [-0.2, -0.15) is 0 Å². The summed E-state index contributed by atoms with van der Waals surface area (Å²) in [6.07, 6.45) is 7.62. The van der Waals surface area contributed by atoms with Gasteiger partial charge in [0.1, 0.15) is 11.6 Å². The number of imidazole rings is 1. The predicted molar refractivity (Wildman–Crippen MR) is 135 cm³/mol. The van der Waals surface area contributed by atoms with E-state index < -0.39 is 10.0 Å². The van der Waals surface area contributed by atoms with Gasteiger partial charge in [0, 0.05) is 11.6 Å². The number of anilines is 1. The number of aryl methyl sites for hydroxylation is 1. The molecule has 0 fully saturated rings. The van der Waals surface area contributed by atoms with Crippen molar-refractivity contribution in [3.63, 3.8) is 0 Å². The largest absolute Gasteiger partial charge is 0.493 e. The topological polar surface area (TPSA) is 118 Å². The molecule has 0 aliphatic heterocycles. The average Bonchev–Trinajstić information content (AvgIpc) is 3.10. The molecule has 34 heavy (non-hydrogen) atoms. The van der Waals surface area contributed by atoms with Crippen molar-refractivity contribution < 1.29 is 13.2 Å². The summed E-state index contributed by atoms with van der Waals surface area (Å²) in [5, 5.41) is 4.76. The monoisotopic (exact) mass is 489 g/mol. The molecule has 0 bridgehead atoms. The third-order valence-electron chi connectivity index (χ3n) is 5.80. The number of nitrogens with one attached hydrogen (secondary N) is 2. The molecule has 0 spiro atoms. The van der Waals surface area contributed by atoms with Gasteiger partial charge in [-0.1, -0.05) is 39.5 Å². The standard InChI is InChI=1S/C24H35N5O4S/c1-6-9-10-11-12-17(7-2)23-25-16(4)21-24(30)26-22(27-29(21)23)19-15-18(28-34(5,31)32)13-14-20(19)33-8-3/h13-15,17,28H,6-12H2,1-5H3,(H,26,27,30). The van der Waals surface area contributed by atoms with E-state index in [4.69, 9.17) is 14.8 Å². The fraction of sp³-hybridized carbons (Fsp3) is 0.542. The Balaban J connectivity index is 2.13. The van der Waals surface area contributed by atoms with Crippen molar-refractivity contribution in [1.82, 2.24) is 19.6 Å². The highest BCUT2D eigenvalue weighted by Gasteiger charge is 2.22. The van der Waals surface area contributed by atoms with E-state index in [2.05, 4.69) is 23.6 Å². The van der Waals surface area contributed by atoms with E-state index in [1.54, 1.807) is 22.7 Å². The fourth-order valence-corrected chi connectivity index (χ4v) is 4.74. The van der Waals surface area contributed by atoms with Crippen LogP contribution in [0.2, 0.25) is 0 Å². The first-order chi connectivity index (χ1) is 16.2. The Morgan fingerprint density at radius 1 is 1.18 bits per heavy atom. The van der Waals surface area contributed by atoms with E-state index in [0.717, 1.165) is 31.3 Å². The quantitative estimate of drug-likeness (QED) is 0.358. The first-order valence-corrected chi connectivity index (χ1v) is 13.8. The van der Waals surface area contributed by atoms with Crippen LogP contribution in [0.4, 0.5) is 5.69 Å². The molecule has 3 rings (SSSR count). The Hall–Kier alpha value is -2.88. The molecular weight excluding hydrogens is 454 g/mol. The molecule has 1 unspecified atom stereocenters. The Kier molecular flexibility index (Phi) is 8.35. The number of sulfonamides is 1. The molecule has 0 saturated heterocycles. The zero-order chi connectivity index (χ0) is 24.9. The minimum absolute atomic E-state index is 0.185. The van der Waals surface area contributed by atoms with Crippen LogP contribution in [0.15, 0.2) is 23.0 Å². The molecule has 10 heteroatoms.